The minimum Gasteiger partial charge on any atom is -0.350 e. The molecule has 1 atom stereocenters. The molecule has 1 amide bonds. The second-order valence-corrected chi connectivity index (χ2v) is 5.74. The Kier molecular flexibility index (Phi) is 5.25. The van der Waals surface area contributed by atoms with Gasteiger partial charge in [-0.15, -0.1) is 5.10 Å². The van der Waals surface area contributed by atoms with E-state index in [-0.39, 0.29) is 5.91 Å². The van der Waals surface area contributed by atoms with Gasteiger partial charge >= 0.3 is 0 Å². The number of carbonyl (C=O) groups excluding carboxylic acids is 1. The molecule has 0 aromatic carbocycles. The van der Waals surface area contributed by atoms with E-state index >= 15 is 0 Å². The molecular formula is C15H21N7O. The molecule has 0 aliphatic carbocycles. The summed E-state index contributed by atoms with van der Waals surface area (Å²) in [6, 6.07) is 0. The number of hydrogen-bond acceptors (Lipinski definition) is 6. The van der Waals surface area contributed by atoms with Crippen LogP contribution in [0, 0.1) is 5.92 Å². The van der Waals surface area contributed by atoms with E-state index in [0.717, 1.165) is 25.3 Å². The van der Waals surface area contributed by atoms with Crippen LogP contribution in [-0.4, -0.2) is 50.5 Å². The standard InChI is InChI=1S/C15H21N7O/c23-15(19-5-3-13-9-17-6-7-18-13)14-11-22(21-20-14)10-12-2-1-4-16-8-12/h6-7,9,11-12,16H,1-5,8,10H2,(H,19,23)/t12-/m0/s1. The zero-order valence-electron chi connectivity index (χ0n) is 13.0. The summed E-state index contributed by atoms with van der Waals surface area (Å²) in [6.45, 7) is 3.39. The lowest BCUT2D eigenvalue weighted by Gasteiger charge is -2.22. The third-order valence-corrected chi connectivity index (χ3v) is 3.90. The van der Waals surface area contributed by atoms with Gasteiger partial charge in [-0.3, -0.25) is 19.4 Å². The maximum atomic E-state index is 12.1. The first kappa shape index (κ1) is 15.5. The molecule has 122 valence electrons. The first-order chi connectivity index (χ1) is 11.3. The van der Waals surface area contributed by atoms with Crippen molar-refractivity contribution >= 4 is 5.91 Å². The van der Waals surface area contributed by atoms with Gasteiger partial charge in [0.2, 0.25) is 0 Å². The largest absolute Gasteiger partial charge is 0.350 e. The Bertz CT molecular complexity index is 622. The predicted octanol–water partition coefficient (Wildman–Crippen LogP) is 0.0402. The van der Waals surface area contributed by atoms with Crippen molar-refractivity contribution in [2.75, 3.05) is 19.6 Å². The van der Waals surface area contributed by atoms with Crippen LogP contribution >= 0.6 is 0 Å². The van der Waals surface area contributed by atoms with E-state index in [4.69, 9.17) is 0 Å². The van der Waals surface area contributed by atoms with Gasteiger partial charge in [0.25, 0.3) is 5.91 Å². The minimum absolute atomic E-state index is 0.207. The molecule has 0 spiro atoms. The lowest BCUT2D eigenvalue weighted by molar-refractivity contribution is 0.0949. The van der Waals surface area contributed by atoms with Crippen molar-refractivity contribution in [3.63, 3.8) is 0 Å². The van der Waals surface area contributed by atoms with Crippen LogP contribution in [0.15, 0.2) is 24.8 Å². The Morgan fingerprint density at radius 1 is 1.43 bits per heavy atom. The van der Waals surface area contributed by atoms with Crippen LogP contribution in [0.1, 0.15) is 29.0 Å². The van der Waals surface area contributed by atoms with Crippen molar-refractivity contribution in [3.8, 4) is 0 Å². The Hall–Kier alpha value is -2.35. The number of hydrogen-bond donors (Lipinski definition) is 2. The Balaban J connectivity index is 1.46. The number of amides is 1. The first-order valence-electron chi connectivity index (χ1n) is 7.95. The van der Waals surface area contributed by atoms with E-state index in [0.29, 0.717) is 24.6 Å². The molecule has 2 aromatic heterocycles. The molecule has 8 nitrogen and oxygen atoms in total. The molecule has 0 unspecified atom stereocenters. The van der Waals surface area contributed by atoms with Crippen molar-refractivity contribution in [2.45, 2.75) is 25.8 Å². The summed E-state index contributed by atoms with van der Waals surface area (Å²) in [6.07, 6.45) is 9.70. The number of nitrogens with zero attached hydrogens (tertiary/aromatic N) is 5. The van der Waals surface area contributed by atoms with Crippen molar-refractivity contribution in [1.82, 2.24) is 35.6 Å². The molecule has 0 saturated carbocycles. The molecule has 1 aliphatic rings. The van der Waals surface area contributed by atoms with Gasteiger partial charge < -0.3 is 10.6 Å². The number of nitrogens with one attached hydrogen (secondary N) is 2. The second-order valence-electron chi connectivity index (χ2n) is 5.74. The number of piperidine rings is 1. The molecular weight excluding hydrogens is 294 g/mol. The van der Waals surface area contributed by atoms with Crippen LogP contribution in [0.5, 0.6) is 0 Å². The lowest BCUT2D eigenvalue weighted by atomic mass is 10.00. The summed E-state index contributed by atoms with van der Waals surface area (Å²) in [5.74, 6) is 0.347. The molecule has 3 rings (SSSR count). The molecule has 0 bridgehead atoms. The number of rotatable bonds is 6. The van der Waals surface area contributed by atoms with E-state index in [1.54, 1.807) is 29.5 Å². The van der Waals surface area contributed by atoms with Crippen molar-refractivity contribution in [2.24, 2.45) is 5.92 Å². The van der Waals surface area contributed by atoms with E-state index in [2.05, 4.69) is 30.9 Å². The molecule has 1 fully saturated rings. The molecule has 3 heterocycles. The van der Waals surface area contributed by atoms with Gasteiger partial charge in [0.15, 0.2) is 5.69 Å². The van der Waals surface area contributed by atoms with E-state index < -0.39 is 0 Å². The zero-order chi connectivity index (χ0) is 15.9. The quantitative estimate of drug-likeness (QED) is 0.781. The molecule has 1 saturated heterocycles. The Morgan fingerprint density at radius 2 is 2.39 bits per heavy atom. The summed E-state index contributed by atoms with van der Waals surface area (Å²) in [5.41, 5.74) is 1.20. The van der Waals surface area contributed by atoms with E-state index in [1.165, 1.54) is 12.8 Å². The minimum atomic E-state index is -0.207. The van der Waals surface area contributed by atoms with Crippen LogP contribution in [0.3, 0.4) is 0 Å². The van der Waals surface area contributed by atoms with E-state index in [9.17, 15) is 4.79 Å². The summed E-state index contributed by atoms with van der Waals surface area (Å²) >= 11 is 0. The normalized spacial score (nSPS) is 17.8. The van der Waals surface area contributed by atoms with Gasteiger partial charge in [0.1, 0.15) is 0 Å². The third kappa shape index (κ3) is 4.56. The highest BCUT2D eigenvalue weighted by molar-refractivity contribution is 5.91. The molecule has 8 heteroatoms. The summed E-state index contributed by atoms with van der Waals surface area (Å²) in [5, 5.41) is 14.2. The topological polar surface area (TPSA) is 97.6 Å². The third-order valence-electron chi connectivity index (χ3n) is 3.90. The van der Waals surface area contributed by atoms with Crippen LogP contribution in [0.25, 0.3) is 0 Å². The molecule has 1 aliphatic heterocycles. The summed E-state index contributed by atoms with van der Waals surface area (Å²) in [4.78, 5) is 20.2. The smallest absolute Gasteiger partial charge is 0.273 e. The average Bonchev–Trinajstić information content (AvgIpc) is 3.05. The van der Waals surface area contributed by atoms with Gasteiger partial charge in [0, 0.05) is 38.1 Å². The number of aromatic nitrogens is 5. The van der Waals surface area contributed by atoms with Crippen molar-refractivity contribution in [3.05, 3.63) is 36.2 Å². The zero-order valence-corrected chi connectivity index (χ0v) is 13.0. The van der Waals surface area contributed by atoms with Crippen LogP contribution in [0.4, 0.5) is 0 Å². The Morgan fingerprint density at radius 3 is 3.17 bits per heavy atom. The Labute approximate surface area is 134 Å². The van der Waals surface area contributed by atoms with Crippen LogP contribution in [0.2, 0.25) is 0 Å². The average molecular weight is 315 g/mol. The van der Waals surface area contributed by atoms with Gasteiger partial charge in [-0.05, 0) is 31.8 Å². The molecule has 23 heavy (non-hydrogen) atoms. The fourth-order valence-electron chi connectivity index (χ4n) is 2.69. The highest BCUT2D eigenvalue weighted by atomic mass is 16.2. The lowest BCUT2D eigenvalue weighted by Crippen LogP contribution is -2.32. The van der Waals surface area contributed by atoms with E-state index in [1.807, 2.05) is 0 Å². The van der Waals surface area contributed by atoms with Gasteiger partial charge in [-0.2, -0.15) is 0 Å². The van der Waals surface area contributed by atoms with Crippen molar-refractivity contribution in [1.29, 1.82) is 0 Å². The second kappa shape index (κ2) is 7.77. The first-order valence-corrected chi connectivity index (χ1v) is 7.95. The monoisotopic (exact) mass is 315 g/mol. The molecule has 2 N–H and O–H groups in total. The van der Waals surface area contributed by atoms with Gasteiger partial charge in [-0.1, -0.05) is 5.21 Å². The van der Waals surface area contributed by atoms with Crippen LogP contribution in [-0.2, 0) is 13.0 Å². The summed E-state index contributed by atoms with van der Waals surface area (Å²) < 4.78 is 1.76. The maximum Gasteiger partial charge on any atom is 0.273 e. The highest BCUT2D eigenvalue weighted by Gasteiger charge is 2.16. The molecule has 0 radical (unpaired) electrons. The fraction of sp³-hybridized carbons (Fsp3) is 0.533. The summed E-state index contributed by atoms with van der Waals surface area (Å²) in [7, 11) is 0. The maximum absolute atomic E-state index is 12.1. The predicted molar refractivity (Wildman–Crippen MR) is 83.7 cm³/mol. The molecule has 2 aromatic rings. The van der Waals surface area contributed by atoms with Crippen molar-refractivity contribution < 1.29 is 4.79 Å². The van der Waals surface area contributed by atoms with Crippen LogP contribution < -0.4 is 10.6 Å². The van der Waals surface area contributed by atoms with Gasteiger partial charge in [0.05, 0.1) is 11.9 Å². The van der Waals surface area contributed by atoms with Gasteiger partial charge in [-0.25, -0.2) is 0 Å². The highest BCUT2D eigenvalue weighted by Crippen LogP contribution is 2.11. The number of carbonyl (C=O) groups is 1. The SMILES string of the molecule is O=C(NCCc1cnccn1)c1cn(C[C@H]2CCCNC2)nn1. The fourth-order valence-corrected chi connectivity index (χ4v) is 2.69.